The van der Waals surface area contributed by atoms with Gasteiger partial charge in [-0.25, -0.2) is 0 Å². The van der Waals surface area contributed by atoms with E-state index >= 15 is 0 Å². The van der Waals surface area contributed by atoms with E-state index in [0.717, 1.165) is 25.0 Å². The van der Waals surface area contributed by atoms with E-state index in [1.54, 1.807) is 6.07 Å². The number of aromatic nitrogens is 1. The maximum atomic E-state index is 11.7. The molecule has 0 aromatic carbocycles. The van der Waals surface area contributed by atoms with Gasteiger partial charge in [-0.05, 0) is 19.3 Å². The Hall–Kier alpha value is -1.36. The van der Waals surface area contributed by atoms with E-state index in [-0.39, 0.29) is 12.5 Å². The van der Waals surface area contributed by atoms with Gasteiger partial charge in [-0.1, -0.05) is 18.5 Å². The van der Waals surface area contributed by atoms with Crippen LogP contribution in [-0.2, 0) is 0 Å². The fraction of sp³-hybridized carbons (Fsp3) is 0.667. The van der Waals surface area contributed by atoms with Crippen LogP contribution in [0.5, 0.6) is 0 Å². The van der Waals surface area contributed by atoms with Crippen LogP contribution in [0.2, 0.25) is 0 Å². The number of aliphatic hydroxyl groups is 1. The zero-order chi connectivity index (χ0) is 12.3. The maximum absolute atomic E-state index is 11.7. The molecule has 5 nitrogen and oxygen atoms in total. The molecule has 1 aromatic heterocycles. The molecule has 0 aliphatic heterocycles. The summed E-state index contributed by atoms with van der Waals surface area (Å²) in [4.78, 5) is 11.7. The van der Waals surface area contributed by atoms with Crippen LogP contribution >= 0.6 is 0 Å². The number of carbonyl (C=O) groups is 1. The van der Waals surface area contributed by atoms with Gasteiger partial charge in [0, 0.05) is 18.5 Å². The number of nitrogens with one attached hydrogen (secondary N) is 1. The van der Waals surface area contributed by atoms with Gasteiger partial charge in [0.1, 0.15) is 5.76 Å². The minimum atomic E-state index is -0.487. The molecule has 1 fully saturated rings. The van der Waals surface area contributed by atoms with E-state index < -0.39 is 6.10 Å². The van der Waals surface area contributed by atoms with Crippen LogP contribution in [-0.4, -0.2) is 28.8 Å². The molecule has 5 heteroatoms. The highest BCUT2D eigenvalue weighted by molar-refractivity contribution is 5.92. The Morgan fingerprint density at radius 2 is 2.47 bits per heavy atom. The molecule has 1 aliphatic carbocycles. The van der Waals surface area contributed by atoms with Crippen LogP contribution in [0.1, 0.15) is 54.8 Å². The van der Waals surface area contributed by atoms with E-state index in [9.17, 15) is 9.90 Å². The van der Waals surface area contributed by atoms with Crippen molar-refractivity contribution in [2.45, 2.75) is 44.6 Å². The second kappa shape index (κ2) is 5.31. The van der Waals surface area contributed by atoms with E-state index in [1.807, 2.05) is 6.92 Å². The normalized spacial score (nSPS) is 16.8. The number of hydrogen-bond acceptors (Lipinski definition) is 4. The van der Waals surface area contributed by atoms with Gasteiger partial charge in [0.25, 0.3) is 5.91 Å². The Kier molecular flexibility index (Phi) is 3.78. The number of amides is 1. The molecule has 1 aromatic rings. The molecule has 1 aliphatic rings. The number of nitrogens with zero attached hydrogens (tertiary/aromatic N) is 1. The van der Waals surface area contributed by atoms with Crippen LogP contribution in [0.15, 0.2) is 10.6 Å². The van der Waals surface area contributed by atoms with Gasteiger partial charge in [0.15, 0.2) is 5.69 Å². The summed E-state index contributed by atoms with van der Waals surface area (Å²) in [5.41, 5.74) is 0.301. The minimum absolute atomic E-state index is 0.262. The summed E-state index contributed by atoms with van der Waals surface area (Å²) in [7, 11) is 0. The van der Waals surface area contributed by atoms with Gasteiger partial charge in [-0.3, -0.25) is 4.79 Å². The summed E-state index contributed by atoms with van der Waals surface area (Å²) in [6.45, 7) is 2.25. The van der Waals surface area contributed by atoms with Crippen LogP contribution in [0.25, 0.3) is 0 Å². The molecule has 17 heavy (non-hydrogen) atoms. The molecule has 1 atom stereocenters. The Balaban J connectivity index is 1.81. The van der Waals surface area contributed by atoms with E-state index in [4.69, 9.17) is 4.52 Å². The Morgan fingerprint density at radius 1 is 1.71 bits per heavy atom. The van der Waals surface area contributed by atoms with Crippen molar-refractivity contribution in [1.82, 2.24) is 10.5 Å². The molecule has 1 saturated carbocycles. The quantitative estimate of drug-likeness (QED) is 0.786. The van der Waals surface area contributed by atoms with Crippen LogP contribution < -0.4 is 5.32 Å². The van der Waals surface area contributed by atoms with Crippen molar-refractivity contribution >= 4 is 5.91 Å². The average Bonchev–Trinajstić information content (AvgIpc) is 3.05. The highest BCUT2D eigenvalue weighted by Gasteiger charge is 2.28. The molecule has 1 unspecified atom stereocenters. The Labute approximate surface area is 100 Å². The van der Waals surface area contributed by atoms with Crippen LogP contribution in [0.3, 0.4) is 0 Å². The number of hydrogen-bond donors (Lipinski definition) is 2. The third-order valence-electron chi connectivity index (χ3n) is 2.86. The molecule has 2 N–H and O–H groups in total. The Morgan fingerprint density at radius 3 is 3.12 bits per heavy atom. The summed E-state index contributed by atoms with van der Waals surface area (Å²) in [5, 5.41) is 15.9. The predicted molar refractivity (Wildman–Crippen MR) is 61.7 cm³/mol. The van der Waals surface area contributed by atoms with E-state index in [1.165, 1.54) is 0 Å². The first-order valence-corrected chi connectivity index (χ1v) is 6.13. The molecule has 2 rings (SSSR count). The zero-order valence-electron chi connectivity index (χ0n) is 9.98. The van der Waals surface area contributed by atoms with Gasteiger partial charge in [-0.2, -0.15) is 0 Å². The van der Waals surface area contributed by atoms with Gasteiger partial charge < -0.3 is 14.9 Å². The number of carbonyl (C=O) groups excluding carboxylic acids is 1. The highest BCUT2D eigenvalue weighted by Crippen LogP contribution is 2.40. The molecule has 0 radical (unpaired) electrons. The standard InChI is InChI=1S/C12H18N2O3/c1-2-3-9(15)7-13-12(16)10-6-11(17-14-10)8-4-5-8/h6,8-9,15H,2-5,7H2,1H3,(H,13,16). The summed E-state index contributed by atoms with van der Waals surface area (Å²) in [6.07, 6.45) is 3.33. The smallest absolute Gasteiger partial charge is 0.273 e. The summed E-state index contributed by atoms with van der Waals surface area (Å²) < 4.78 is 5.09. The zero-order valence-corrected chi connectivity index (χ0v) is 9.98. The van der Waals surface area contributed by atoms with Gasteiger partial charge in [0.05, 0.1) is 6.10 Å². The average molecular weight is 238 g/mol. The Bertz CT molecular complexity index is 385. The lowest BCUT2D eigenvalue weighted by Crippen LogP contribution is -2.32. The molecule has 0 bridgehead atoms. The second-order valence-electron chi connectivity index (χ2n) is 4.54. The van der Waals surface area contributed by atoms with Gasteiger partial charge in [0.2, 0.25) is 0 Å². The fourth-order valence-electron chi connectivity index (χ4n) is 1.69. The highest BCUT2D eigenvalue weighted by atomic mass is 16.5. The molecule has 1 amide bonds. The molecule has 94 valence electrons. The van der Waals surface area contributed by atoms with Crippen LogP contribution in [0, 0.1) is 0 Å². The molecule has 1 heterocycles. The lowest BCUT2D eigenvalue weighted by Gasteiger charge is -2.09. The SMILES string of the molecule is CCCC(O)CNC(=O)c1cc(C2CC2)on1. The first-order chi connectivity index (χ1) is 8.20. The third kappa shape index (κ3) is 3.30. The topological polar surface area (TPSA) is 75.4 Å². The minimum Gasteiger partial charge on any atom is -0.391 e. The molecule has 0 spiro atoms. The van der Waals surface area contributed by atoms with Gasteiger partial charge in [-0.15, -0.1) is 0 Å². The van der Waals surface area contributed by atoms with Crippen molar-refractivity contribution < 1.29 is 14.4 Å². The predicted octanol–water partition coefficient (Wildman–Crippen LogP) is 1.44. The second-order valence-corrected chi connectivity index (χ2v) is 4.54. The lowest BCUT2D eigenvalue weighted by atomic mass is 10.2. The monoisotopic (exact) mass is 238 g/mol. The van der Waals surface area contributed by atoms with Crippen molar-refractivity contribution in [2.75, 3.05) is 6.54 Å². The molecule has 0 saturated heterocycles. The first-order valence-electron chi connectivity index (χ1n) is 6.13. The van der Waals surface area contributed by atoms with Crippen LogP contribution in [0.4, 0.5) is 0 Å². The summed E-state index contributed by atoms with van der Waals surface area (Å²) in [5.74, 6) is 0.967. The third-order valence-corrected chi connectivity index (χ3v) is 2.86. The van der Waals surface area contributed by atoms with Crippen molar-refractivity contribution in [3.63, 3.8) is 0 Å². The van der Waals surface area contributed by atoms with Crippen molar-refractivity contribution in [3.8, 4) is 0 Å². The molecular formula is C12H18N2O3. The summed E-state index contributed by atoms with van der Waals surface area (Å²) >= 11 is 0. The van der Waals surface area contributed by atoms with Crippen molar-refractivity contribution in [1.29, 1.82) is 0 Å². The lowest BCUT2D eigenvalue weighted by molar-refractivity contribution is 0.0901. The number of aliphatic hydroxyl groups excluding tert-OH is 1. The molecular weight excluding hydrogens is 220 g/mol. The van der Waals surface area contributed by atoms with E-state index in [2.05, 4.69) is 10.5 Å². The van der Waals surface area contributed by atoms with Crippen molar-refractivity contribution in [3.05, 3.63) is 17.5 Å². The largest absolute Gasteiger partial charge is 0.391 e. The van der Waals surface area contributed by atoms with Crippen molar-refractivity contribution in [2.24, 2.45) is 0 Å². The first kappa shape index (κ1) is 12.1. The summed E-state index contributed by atoms with van der Waals surface area (Å²) in [6, 6.07) is 1.69. The van der Waals surface area contributed by atoms with Gasteiger partial charge >= 0.3 is 0 Å². The fourth-order valence-corrected chi connectivity index (χ4v) is 1.69. The van der Waals surface area contributed by atoms with E-state index in [0.29, 0.717) is 18.0 Å². The maximum Gasteiger partial charge on any atom is 0.273 e. The number of rotatable bonds is 6.